The number of aryl methyl sites for hydroxylation is 1. The molecule has 0 fully saturated rings. The first-order chi connectivity index (χ1) is 8.35. The van der Waals surface area contributed by atoms with E-state index in [-0.39, 0.29) is 0 Å². The highest BCUT2D eigenvalue weighted by Gasteiger charge is 2.22. The van der Waals surface area contributed by atoms with E-state index in [1.165, 1.54) is 0 Å². The van der Waals surface area contributed by atoms with E-state index in [0.29, 0.717) is 29.4 Å². The largest absolute Gasteiger partial charge is 0.481 e. The zero-order valence-corrected chi connectivity index (χ0v) is 9.47. The Morgan fingerprint density at radius 2 is 2.41 bits per heavy atom. The second kappa shape index (κ2) is 3.76. The molecule has 0 spiro atoms. The van der Waals surface area contributed by atoms with Gasteiger partial charge in [0.1, 0.15) is 11.1 Å². The molecule has 0 radical (unpaired) electrons. The molecule has 17 heavy (non-hydrogen) atoms. The summed E-state index contributed by atoms with van der Waals surface area (Å²) in [6.45, 7) is 1.50. The van der Waals surface area contributed by atoms with Crippen molar-refractivity contribution in [2.75, 3.05) is 13.7 Å². The van der Waals surface area contributed by atoms with Crippen LogP contribution in [0.2, 0.25) is 0 Å². The second-order valence-electron chi connectivity index (χ2n) is 3.91. The Balaban J connectivity index is 2.34. The Morgan fingerprint density at radius 1 is 1.53 bits per heavy atom. The molecular formula is C12H12N2O3. The second-order valence-corrected chi connectivity index (χ2v) is 3.91. The van der Waals surface area contributed by atoms with E-state index in [4.69, 9.17) is 9.47 Å². The summed E-state index contributed by atoms with van der Waals surface area (Å²) in [7, 11) is 1.56. The average molecular weight is 232 g/mol. The quantitative estimate of drug-likeness (QED) is 0.738. The number of hydrogen-bond donors (Lipinski definition) is 0. The standard InChI is InChI=1S/C12H12N2O3/c1-16-10-4-3-9-11(13-10)8(7-15)12-14(9)5-2-6-17-12/h3-4,7H,2,5-6H2,1H3. The molecule has 0 aliphatic carbocycles. The number of aldehydes is 1. The highest BCUT2D eigenvalue weighted by Crippen LogP contribution is 2.33. The molecule has 0 atom stereocenters. The summed E-state index contributed by atoms with van der Waals surface area (Å²) >= 11 is 0. The van der Waals surface area contributed by atoms with Gasteiger partial charge in [-0.15, -0.1) is 0 Å². The molecule has 0 unspecified atom stereocenters. The number of fused-ring (bicyclic) bond motifs is 3. The molecule has 0 saturated heterocycles. The molecule has 1 aliphatic rings. The number of pyridine rings is 1. The van der Waals surface area contributed by atoms with Gasteiger partial charge in [0.15, 0.2) is 6.29 Å². The molecule has 0 N–H and O–H groups in total. The summed E-state index contributed by atoms with van der Waals surface area (Å²) in [5.41, 5.74) is 2.08. The fourth-order valence-corrected chi connectivity index (χ4v) is 2.20. The number of hydrogen-bond acceptors (Lipinski definition) is 4. The molecular weight excluding hydrogens is 220 g/mol. The van der Waals surface area contributed by atoms with Crippen LogP contribution in [0.5, 0.6) is 11.8 Å². The van der Waals surface area contributed by atoms with Crippen molar-refractivity contribution in [3.63, 3.8) is 0 Å². The van der Waals surface area contributed by atoms with Gasteiger partial charge in [0.25, 0.3) is 0 Å². The van der Waals surface area contributed by atoms with Crippen molar-refractivity contribution in [3.8, 4) is 11.8 Å². The lowest BCUT2D eigenvalue weighted by Crippen LogP contribution is -2.14. The van der Waals surface area contributed by atoms with Crippen LogP contribution in [0.1, 0.15) is 16.8 Å². The maximum Gasteiger partial charge on any atom is 0.213 e. The van der Waals surface area contributed by atoms with Crippen LogP contribution in [0.4, 0.5) is 0 Å². The molecule has 2 aromatic heterocycles. The number of rotatable bonds is 2. The smallest absolute Gasteiger partial charge is 0.213 e. The van der Waals surface area contributed by atoms with Crippen LogP contribution in [0, 0.1) is 0 Å². The van der Waals surface area contributed by atoms with Gasteiger partial charge in [-0.2, -0.15) is 0 Å². The molecule has 5 heteroatoms. The van der Waals surface area contributed by atoms with Gasteiger partial charge < -0.3 is 14.0 Å². The normalized spacial score (nSPS) is 14.2. The summed E-state index contributed by atoms with van der Waals surface area (Å²) in [5.74, 6) is 1.13. The molecule has 1 aliphatic heterocycles. The van der Waals surface area contributed by atoms with E-state index in [2.05, 4.69) is 4.98 Å². The van der Waals surface area contributed by atoms with E-state index >= 15 is 0 Å². The SMILES string of the molecule is COc1ccc2c(n1)c(C=O)c1n2CCCO1. The average Bonchev–Trinajstić information content (AvgIpc) is 2.71. The summed E-state index contributed by atoms with van der Waals surface area (Å²) in [5, 5.41) is 0. The first-order valence-electron chi connectivity index (χ1n) is 5.50. The van der Waals surface area contributed by atoms with E-state index in [1.54, 1.807) is 13.2 Å². The van der Waals surface area contributed by atoms with Gasteiger partial charge in [-0.3, -0.25) is 4.79 Å². The summed E-state index contributed by atoms with van der Waals surface area (Å²) < 4.78 is 12.6. The van der Waals surface area contributed by atoms with Gasteiger partial charge in [0.05, 0.1) is 19.2 Å². The van der Waals surface area contributed by atoms with Gasteiger partial charge in [0.2, 0.25) is 11.8 Å². The highest BCUT2D eigenvalue weighted by atomic mass is 16.5. The lowest BCUT2D eigenvalue weighted by Gasteiger charge is -2.17. The lowest BCUT2D eigenvalue weighted by molar-refractivity contribution is 0.111. The molecule has 0 bridgehead atoms. The summed E-state index contributed by atoms with van der Waals surface area (Å²) in [6.07, 6.45) is 1.74. The van der Waals surface area contributed by atoms with Crippen LogP contribution in [0.3, 0.4) is 0 Å². The van der Waals surface area contributed by atoms with Gasteiger partial charge >= 0.3 is 0 Å². The number of ether oxygens (including phenoxy) is 2. The zero-order chi connectivity index (χ0) is 11.8. The first kappa shape index (κ1) is 10.1. The van der Waals surface area contributed by atoms with Crippen LogP contribution in [-0.2, 0) is 6.54 Å². The third kappa shape index (κ3) is 1.39. The Bertz CT molecular complexity index is 589. The lowest BCUT2D eigenvalue weighted by atomic mass is 10.3. The summed E-state index contributed by atoms with van der Waals surface area (Å²) in [4.78, 5) is 15.5. The third-order valence-electron chi connectivity index (χ3n) is 2.96. The maximum absolute atomic E-state index is 11.2. The third-order valence-corrected chi connectivity index (χ3v) is 2.96. The minimum atomic E-state index is 0.503. The van der Waals surface area contributed by atoms with Crippen molar-refractivity contribution in [3.05, 3.63) is 17.7 Å². The highest BCUT2D eigenvalue weighted by molar-refractivity contribution is 5.98. The molecule has 0 amide bonds. The molecule has 5 nitrogen and oxygen atoms in total. The molecule has 3 heterocycles. The predicted octanol–water partition coefficient (Wildman–Crippen LogP) is 1.64. The minimum absolute atomic E-state index is 0.503. The van der Waals surface area contributed by atoms with Crippen LogP contribution in [-0.4, -0.2) is 29.6 Å². The Hall–Kier alpha value is -2.04. The van der Waals surface area contributed by atoms with Gasteiger partial charge in [0, 0.05) is 12.6 Å². The number of methoxy groups -OCH3 is 1. The number of carbonyl (C=O) groups is 1. The maximum atomic E-state index is 11.2. The van der Waals surface area contributed by atoms with Gasteiger partial charge in [-0.25, -0.2) is 4.98 Å². The monoisotopic (exact) mass is 232 g/mol. The minimum Gasteiger partial charge on any atom is -0.481 e. The van der Waals surface area contributed by atoms with E-state index in [1.807, 2.05) is 10.6 Å². The summed E-state index contributed by atoms with van der Waals surface area (Å²) in [6, 6.07) is 3.70. The topological polar surface area (TPSA) is 53.3 Å². The number of aromatic nitrogens is 2. The Kier molecular flexibility index (Phi) is 2.24. The first-order valence-corrected chi connectivity index (χ1v) is 5.50. The van der Waals surface area contributed by atoms with Crippen LogP contribution >= 0.6 is 0 Å². The molecule has 88 valence electrons. The van der Waals surface area contributed by atoms with Crippen molar-refractivity contribution < 1.29 is 14.3 Å². The van der Waals surface area contributed by atoms with Crippen molar-refractivity contribution in [2.24, 2.45) is 0 Å². The van der Waals surface area contributed by atoms with Crippen molar-refractivity contribution in [1.82, 2.24) is 9.55 Å². The fourth-order valence-electron chi connectivity index (χ4n) is 2.20. The van der Waals surface area contributed by atoms with Crippen LogP contribution in [0.25, 0.3) is 11.0 Å². The van der Waals surface area contributed by atoms with E-state index in [9.17, 15) is 4.79 Å². The van der Waals surface area contributed by atoms with Crippen molar-refractivity contribution >= 4 is 17.3 Å². The molecule has 0 aromatic carbocycles. The Morgan fingerprint density at radius 3 is 3.18 bits per heavy atom. The van der Waals surface area contributed by atoms with Crippen LogP contribution < -0.4 is 9.47 Å². The van der Waals surface area contributed by atoms with E-state index < -0.39 is 0 Å². The van der Waals surface area contributed by atoms with Crippen molar-refractivity contribution in [1.29, 1.82) is 0 Å². The predicted molar refractivity (Wildman–Crippen MR) is 61.8 cm³/mol. The number of carbonyl (C=O) groups excluding carboxylic acids is 1. The van der Waals surface area contributed by atoms with E-state index in [0.717, 1.165) is 24.8 Å². The molecule has 2 aromatic rings. The molecule has 3 rings (SSSR count). The zero-order valence-electron chi connectivity index (χ0n) is 9.47. The Labute approximate surface area is 98.0 Å². The number of nitrogens with zero attached hydrogens (tertiary/aromatic N) is 2. The van der Waals surface area contributed by atoms with Crippen LogP contribution in [0.15, 0.2) is 12.1 Å². The van der Waals surface area contributed by atoms with Gasteiger partial charge in [-0.1, -0.05) is 0 Å². The van der Waals surface area contributed by atoms with Crippen molar-refractivity contribution in [2.45, 2.75) is 13.0 Å². The van der Waals surface area contributed by atoms with Gasteiger partial charge in [-0.05, 0) is 12.5 Å². The molecule has 0 saturated carbocycles. The fraction of sp³-hybridized carbons (Fsp3) is 0.333.